The van der Waals surface area contributed by atoms with Gasteiger partial charge in [0.2, 0.25) is 0 Å². The first-order valence-electron chi connectivity index (χ1n) is 6.71. The van der Waals surface area contributed by atoms with E-state index in [-0.39, 0.29) is 5.69 Å². The van der Waals surface area contributed by atoms with Gasteiger partial charge in [-0.2, -0.15) is 0 Å². The van der Waals surface area contributed by atoms with Gasteiger partial charge in [0.15, 0.2) is 0 Å². The molecule has 2 aromatic carbocycles. The third-order valence-electron chi connectivity index (χ3n) is 2.92. The summed E-state index contributed by atoms with van der Waals surface area (Å²) in [6, 6.07) is 12.5. The molecule has 0 aromatic heterocycles. The van der Waals surface area contributed by atoms with Gasteiger partial charge >= 0.3 is 6.03 Å². The monoisotopic (exact) mass is 313 g/mol. The van der Waals surface area contributed by atoms with Crippen molar-refractivity contribution in [3.63, 3.8) is 0 Å². The van der Waals surface area contributed by atoms with Gasteiger partial charge in [0.25, 0.3) is 5.69 Å². The van der Waals surface area contributed by atoms with E-state index in [2.05, 4.69) is 10.6 Å². The molecule has 7 nitrogen and oxygen atoms in total. The minimum atomic E-state index is -0.521. The molecule has 0 saturated carbocycles. The molecule has 2 aromatic rings. The molecule has 23 heavy (non-hydrogen) atoms. The van der Waals surface area contributed by atoms with E-state index in [1.165, 1.54) is 24.4 Å². The number of hydrogen-bond acceptors (Lipinski definition) is 4. The molecule has 118 valence electrons. The topological polar surface area (TPSA) is 93.5 Å². The summed E-state index contributed by atoms with van der Waals surface area (Å²) in [5.41, 5.74) is 1.15. The van der Waals surface area contributed by atoms with E-state index in [1.807, 2.05) is 24.3 Å². The lowest BCUT2D eigenvalue weighted by Gasteiger charge is -2.04. The number of anilines is 1. The Hall–Kier alpha value is -3.35. The van der Waals surface area contributed by atoms with Gasteiger partial charge in [-0.25, -0.2) is 4.79 Å². The Morgan fingerprint density at radius 2 is 1.96 bits per heavy atom. The van der Waals surface area contributed by atoms with Crippen molar-refractivity contribution >= 4 is 23.5 Å². The summed E-state index contributed by atoms with van der Waals surface area (Å²) in [6.07, 6.45) is 3.20. The zero-order valence-electron chi connectivity index (χ0n) is 12.4. The van der Waals surface area contributed by atoms with E-state index in [0.717, 1.165) is 11.3 Å². The van der Waals surface area contributed by atoms with E-state index < -0.39 is 11.0 Å². The van der Waals surface area contributed by atoms with Crippen molar-refractivity contribution in [2.45, 2.75) is 0 Å². The van der Waals surface area contributed by atoms with Gasteiger partial charge in [0.1, 0.15) is 5.75 Å². The molecule has 7 heteroatoms. The van der Waals surface area contributed by atoms with Crippen LogP contribution < -0.4 is 15.4 Å². The Morgan fingerprint density at radius 1 is 1.22 bits per heavy atom. The van der Waals surface area contributed by atoms with E-state index in [9.17, 15) is 14.9 Å². The third-order valence-corrected chi connectivity index (χ3v) is 2.92. The van der Waals surface area contributed by atoms with Crippen LogP contribution >= 0.6 is 0 Å². The maximum absolute atomic E-state index is 11.7. The van der Waals surface area contributed by atoms with Gasteiger partial charge in [-0.15, -0.1) is 0 Å². The number of ether oxygens (including phenoxy) is 1. The van der Waals surface area contributed by atoms with Crippen LogP contribution in [0.3, 0.4) is 0 Å². The summed E-state index contributed by atoms with van der Waals surface area (Å²) >= 11 is 0. The highest BCUT2D eigenvalue weighted by atomic mass is 16.6. The van der Waals surface area contributed by atoms with E-state index in [4.69, 9.17) is 4.74 Å². The number of nitro groups is 1. The Morgan fingerprint density at radius 3 is 2.61 bits per heavy atom. The number of methoxy groups -OCH3 is 1. The lowest BCUT2D eigenvalue weighted by atomic mass is 10.2. The SMILES string of the molecule is COc1ccc(/C=C/NC(=O)Nc2cccc([N+](=O)[O-])c2)cc1. The van der Waals surface area contributed by atoms with Gasteiger partial charge in [-0.05, 0) is 29.8 Å². The fourth-order valence-electron chi connectivity index (χ4n) is 1.79. The van der Waals surface area contributed by atoms with Gasteiger partial charge in [0, 0.05) is 24.0 Å². The predicted octanol–water partition coefficient (Wildman–Crippen LogP) is 3.40. The number of carbonyl (C=O) groups is 1. The van der Waals surface area contributed by atoms with Crippen molar-refractivity contribution in [3.8, 4) is 5.75 Å². The van der Waals surface area contributed by atoms with Crippen molar-refractivity contribution in [2.75, 3.05) is 12.4 Å². The average Bonchev–Trinajstić information content (AvgIpc) is 2.55. The summed E-state index contributed by atoms with van der Waals surface area (Å²) in [5.74, 6) is 0.749. The molecule has 0 aliphatic carbocycles. The summed E-state index contributed by atoms with van der Waals surface area (Å²) in [5, 5.41) is 15.7. The molecule has 0 fully saturated rings. The Bertz CT molecular complexity index is 726. The van der Waals surface area contributed by atoms with Crippen LogP contribution in [0, 0.1) is 10.1 Å². The van der Waals surface area contributed by atoms with Crippen LogP contribution in [0.15, 0.2) is 54.7 Å². The quantitative estimate of drug-likeness (QED) is 0.653. The Labute approximate surface area is 132 Å². The third kappa shape index (κ3) is 4.85. The van der Waals surface area contributed by atoms with Crippen LogP contribution in [0.5, 0.6) is 5.75 Å². The predicted molar refractivity (Wildman–Crippen MR) is 87.3 cm³/mol. The highest BCUT2D eigenvalue weighted by Gasteiger charge is 2.07. The largest absolute Gasteiger partial charge is 0.497 e. The molecule has 0 radical (unpaired) electrons. The minimum Gasteiger partial charge on any atom is -0.497 e. The minimum absolute atomic E-state index is 0.0865. The number of urea groups is 1. The highest BCUT2D eigenvalue weighted by molar-refractivity contribution is 5.90. The second-order valence-corrected chi connectivity index (χ2v) is 4.51. The maximum atomic E-state index is 11.7. The molecule has 0 bridgehead atoms. The molecule has 0 heterocycles. The summed E-state index contributed by atoms with van der Waals surface area (Å²) in [7, 11) is 1.59. The number of carbonyl (C=O) groups excluding carboxylic acids is 1. The summed E-state index contributed by atoms with van der Waals surface area (Å²) in [4.78, 5) is 21.9. The van der Waals surface area contributed by atoms with Crippen LogP contribution in [-0.2, 0) is 0 Å². The fourth-order valence-corrected chi connectivity index (χ4v) is 1.79. The normalized spacial score (nSPS) is 10.3. The second-order valence-electron chi connectivity index (χ2n) is 4.51. The standard InChI is InChI=1S/C16H15N3O4/c1-23-15-7-5-12(6-8-15)9-10-17-16(20)18-13-3-2-4-14(11-13)19(21)22/h2-11H,1H3,(H2,17,18,20)/b10-9+. The number of non-ortho nitro benzene ring substituents is 1. The van der Waals surface area contributed by atoms with Gasteiger partial charge in [0.05, 0.1) is 12.0 Å². The second kappa shape index (κ2) is 7.60. The molecule has 0 spiro atoms. The molecule has 2 rings (SSSR count). The van der Waals surface area contributed by atoms with Crippen molar-refractivity contribution in [2.24, 2.45) is 0 Å². The van der Waals surface area contributed by atoms with E-state index >= 15 is 0 Å². The first kappa shape index (κ1) is 16.0. The summed E-state index contributed by atoms with van der Waals surface area (Å²) in [6.45, 7) is 0. The first-order chi connectivity index (χ1) is 11.1. The van der Waals surface area contributed by atoms with Crippen molar-refractivity contribution < 1.29 is 14.5 Å². The van der Waals surface area contributed by atoms with E-state index in [1.54, 1.807) is 19.3 Å². The molecule has 2 N–H and O–H groups in total. The lowest BCUT2D eigenvalue weighted by Crippen LogP contribution is -2.23. The average molecular weight is 313 g/mol. The maximum Gasteiger partial charge on any atom is 0.323 e. The number of amides is 2. The van der Waals surface area contributed by atoms with E-state index in [0.29, 0.717) is 5.69 Å². The fraction of sp³-hybridized carbons (Fsp3) is 0.0625. The molecular formula is C16H15N3O4. The number of hydrogen-bond donors (Lipinski definition) is 2. The molecule has 0 saturated heterocycles. The lowest BCUT2D eigenvalue weighted by molar-refractivity contribution is -0.384. The van der Waals surface area contributed by atoms with Gasteiger partial charge in [-0.1, -0.05) is 18.2 Å². The Kier molecular flexibility index (Phi) is 5.30. The van der Waals surface area contributed by atoms with Crippen molar-refractivity contribution in [3.05, 3.63) is 70.4 Å². The molecule has 0 unspecified atom stereocenters. The Balaban J connectivity index is 1.90. The molecule has 0 atom stereocenters. The molecule has 0 aliphatic rings. The molecule has 2 amide bonds. The van der Waals surface area contributed by atoms with Crippen LogP contribution in [0.1, 0.15) is 5.56 Å². The van der Waals surface area contributed by atoms with Gasteiger partial charge < -0.3 is 15.4 Å². The van der Waals surface area contributed by atoms with Crippen LogP contribution in [0.25, 0.3) is 6.08 Å². The first-order valence-corrected chi connectivity index (χ1v) is 6.71. The number of nitro benzene ring substituents is 1. The smallest absolute Gasteiger partial charge is 0.323 e. The van der Waals surface area contributed by atoms with Crippen LogP contribution in [-0.4, -0.2) is 18.1 Å². The number of benzene rings is 2. The number of nitrogens with zero attached hydrogens (tertiary/aromatic N) is 1. The van der Waals surface area contributed by atoms with Crippen LogP contribution in [0.2, 0.25) is 0 Å². The summed E-state index contributed by atoms with van der Waals surface area (Å²) < 4.78 is 5.05. The zero-order chi connectivity index (χ0) is 16.7. The highest BCUT2D eigenvalue weighted by Crippen LogP contribution is 2.16. The molecule has 0 aliphatic heterocycles. The zero-order valence-corrected chi connectivity index (χ0v) is 12.4. The van der Waals surface area contributed by atoms with Crippen LogP contribution in [0.4, 0.5) is 16.2 Å². The number of rotatable bonds is 5. The number of nitrogens with one attached hydrogen (secondary N) is 2. The van der Waals surface area contributed by atoms with Crippen molar-refractivity contribution in [1.29, 1.82) is 0 Å². The van der Waals surface area contributed by atoms with Crippen molar-refractivity contribution in [1.82, 2.24) is 5.32 Å². The van der Waals surface area contributed by atoms with Gasteiger partial charge in [-0.3, -0.25) is 10.1 Å². The molecular weight excluding hydrogens is 298 g/mol.